The quantitative estimate of drug-likeness (QED) is 0.530. The molecule has 130 valence electrons. The molecule has 25 heavy (non-hydrogen) atoms. The molecule has 1 heterocycles. The fourth-order valence-electron chi connectivity index (χ4n) is 2.60. The van der Waals surface area contributed by atoms with Crippen molar-refractivity contribution in [2.75, 3.05) is 26.0 Å². The third-order valence-corrected chi connectivity index (χ3v) is 4.86. The Labute approximate surface area is 148 Å². The number of hydrogen-bond acceptors (Lipinski definition) is 6. The number of non-ortho nitro benzene ring substituents is 1. The van der Waals surface area contributed by atoms with Gasteiger partial charge in [0.25, 0.3) is 5.69 Å². The van der Waals surface area contributed by atoms with Crippen LogP contribution in [0.5, 0.6) is 0 Å². The molecule has 0 aliphatic carbocycles. The van der Waals surface area contributed by atoms with Crippen LogP contribution in [0.15, 0.2) is 42.5 Å². The number of thiazole rings is 1. The van der Waals surface area contributed by atoms with Crippen LogP contribution in [0.3, 0.4) is 0 Å². The van der Waals surface area contributed by atoms with Crippen molar-refractivity contribution in [3.8, 4) is 0 Å². The minimum absolute atomic E-state index is 0.0305. The predicted octanol–water partition coefficient (Wildman–Crippen LogP) is 4.06. The van der Waals surface area contributed by atoms with Gasteiger partial charge in [0.15, 0.2) is 5.13 Å². The van der Waals surface area contributed by atoms with Gasteiger partial charge in [0, 0.05) is 18.7 Å². The molecule has 2 aromatic carbocycles. The summed E-state index contributed by atoms with van der Waals surface area (Å²) in [6.07, 6.45) is 0. The van der Waals surface area contributed by atoms with Crippen molar-refractivity contribution >= 4 is 32.4 Å². The Morgan fingerprint density at radius 3 is 2.80 bits per heavy atom. The zero-order valence-electron chi connectivity index (χ0n) is 13.8. The monoisotopic (exact) mass is 360 g/mol. The van der Waals surface area contributed by atoms with Crippen LogP contribution in [0.1, 0.15) is 11.6 Å². The van der Waals surface area contributed by atoms with Crippen molar-refractivity contribution in [2.45, 2.75) is 6.04 Å². The maximum atomic E-state index is 13.5. The molecule has 3 rings (SSSR count). The number of aromatic nitrogens is 1. The fourth-order valence-corrected chi connectivity index (χ4v) is 3.50. The van der Waals surface area contributed by atoms with Crippen LogP contribution in [-0.2, 0) is 0 Å². The van der Waals surface area contributed by atoms with E-state index < -0.39 is 4.92 Å². The summed E-state index contributed by atoms with van der Waals surface area (Å²) in [4.78, 5) is 16.9. The zero-order chi connectivity index (χ0) is 18.0. The Kier molecular flexibility index (Phi) is 4.91. The molecule has 0 spiro atoms. The second kappa shape index (κ2) is 7.12. The number of benzene rings is 2. The van der Waals surface area contributed by atoms with Crippen molar-refractivity contribution in [1.82, 2.24) is 9.88 Å². The molecule has 0 radical (unpaired) electrons. The van der Waals surface area contributed by atoms with Gasteiger partial charge in [0.05, 0.1) is 21.2 Å². The number of likely N-dealkylation sites (N-methyl/N-ethyl adjacent to an activating group) is 1. The summed E-state index contributed by atoms with van der Waals surface area (Å²) in [5.74, 6) is -0.267. The summed E-state index contributed by atoms with van der Waals surface area (Å²) in [7, 11) is 3.86. The standard InChI is InChI=1S/C17H17FN4O2S/c1-21(2)15(11-4-3-5-12(18)8-11)10-19-17-20-14-7-6-13(22(23)24)9-16(14)25-17/h3-9,15H,10H2,1-2H3,(H,19,20). The molecule has 1 aromatic heterocycles. The second-order valence-corrected chi connectivity index (χ2v) is 6.87. The van der Waals surface area contributed by atoms with Gasteiger partial charge in [-0.1, -0.05) is 23.5 Å². The highest BCUT2D eigenvalue weighted by atomic mass is 32.1. The van der Waals surface area contributed by atoms with E-state index in [2.05, 4.69) is 10.3 Å². The lowest BCUT2D eigenvalue weighted by atomic mass is 10.1. The van der Waals surface area contributed by atoms with Crippen LogP contribution in [0.2, 0.25) is 0 Å². The lowest BCUT2D eigenvalue weighted by Crippen LogP contribution is -2.26. The minimum atomic E-state index is -0.418. The maximum Gasteiger partial charge on any atom is 0.270 e. The number of fused-ring (bicyclic) bond motifs is 1. The number of hydrogen-bond donors (Lipinski definition) is 1. The number of halogens is 1. The smallest absolute Gasteiger partial charge is 0.270 e. The number of nitro groups is 1. The van der Waals surface area contributed by atoms with Gasteiger partial charge in [-0.15, -0.1) is 0 Å². The number of nitrogens with zero attached hydrogens (tertiary/aromatic N) is 3. The molecule has 0 saturated carbocycles. The first-order valence-corrected chi connectivity index (χ1v) is 8.46. The van der Waals surface area contributed by atoms with Gasteiger partial charge < -0.3 is 10.2 Å². The van der Waals surface area contributed by atoms with Crippen molar-refractivity contribution in [3.63, 3.8) is 0 Å². The summed E-state index contributed by atoms with van der Waals surface area (Å²) < 4.78 is 14.2. The van der Waals surface area contributed by atoms with Crippen molar-refractivity contribution in [1.29, 1.82) is 0 Å². The highest BCUT2D eigenvalue weighted by Crippen LogP contribution is 2.30. The van der Waals surface area contributed by atoms with Gasteiger partial charge in [0.1, 0.15) is 5.82 Å². The Morgan fingerprint density at radius 1 is 1.32 bits per heavy atom. The average molecular weight is 360 g/mol. The van der Waals surface area contributed by atoms with Crippen molar-refractivity contribution in [3.05, 3.63) is 64.0 Å². The predicted molar refractivity (Wildman–Crippen MR) is 97.6 cm³/mol. The molecular weight excluding hydrogens is 343 g/mol. The highest BCUT2D eigenvalue weighted by Gasteiger charge is 2.16. The van der Waals surface area contributed by atoms with Gasteiger partial charge in [-0.05, 0) is 37.9 Å². The summed E-state index contributed by atoms with van der Waals surface area (Å²) >= 11 is 1.36. The van der Waals surface area contributed by atoms with E-state index in [-0.39, 0.29) is 17.5 Å². The van der Waals surface area contributed by atoms with E-state index in [9.17, 15) is 14.5 Å². The molecule has 0 bridgehead atoms. The number of anilines is 1. The van der Waals surface area contributed by atoms with E-state index in [0.717, 1.165) is 10.3 Å². The molecule has 3 aromatic rings. The first kappa shape index (κ1) is 17.2. The number of rotatable bonds is 6. The van der Waals surface area contributed by atoms with Crippen LogP contribution in [-0.4, -0.2) is 35.4 Å². The lowest BCUT2D eigenvalue weighted by Gasteiger charge is -2.25. The van der Waals surface area contributed by atoms with Crippen LogP contribution in [0.4, 0.5) is 15.2 Å². The summed E-state index contributed by atoms with van der Waals surface area (Å²) in [6.45, 7) is 0.540. The largest absolute Gasteiger partial charge is 0.360 e. The first-order valence-electron chi connectivity index (χ1n) is 7.65. The molecule has 1 unspecified atom stereocenters. The van der Waals surface area contributed by atoms with E-state index in [1.807, 2.05) is 25.1 Å². The van der Waals surface area contributed by atoms with Gasteiger partial charge in [-0.25, -0.2) is 9.37 Å². The van der Waals surface area contributed by atoms with E-state index in [1.165, 1.54) is 35.6 Å². The molecule has 0 amide bonds. The number of nitrogens with one attached hydrogen (secondary N) is 1. The summed E-state index contributed by atoms with van der Waals surface area (Å²) in [5.41, 5.74) is 1.63. The van der Waals surface area contributed by atoms with Crippen LogP contribution in [0.25, 0.3) is 10.2 Å². The van der Waals surface area contributed by atoms with Crippen molar-refractivity contribution < 1.29 is 9.31 Å². The highest BCUT2D eigenvalue weighted by molar-refractivity contribution is 7.22. The van der Waals surface area contributed by atoms with Gasteiger partial charge in [0.2, 0.25) is 0 Å². The van der Waals surface area contributed by atoms with Crippen LogP contribution in [0, 0.1) is 15.9 Å². The Bertz CT molecular complexity index is 913. The maximum absolute atomic E-state index is 13.5. The van der Waals surface area contributed by atoms with E-state index in [4.69, 9.17) is 0 Å². The molecule has 1 atom stereocenters. The number of nitro benzene ring substituents is 1. The topological polar surface area (TPSA) is 71.3 Å². The molecular formula is C17H17FN4O2S. The Morgan fingerprint density at radius 2 is 2.12 bits per heavy atom. The van der Waals surface area contributed by atoms with Gasteiger partial charge in [-0.3, -0.25) is 10.1 Å². The van der Waals surface area contributed by atoms with E-state index >= 15 is 0 Å². The zero-order valence-corrected chi connectivity index (χ0v) is 14.6. The molecule has 0 aliphatic heterocycles. The molecule has 0 saturated heterocycles. The fraction of sp³-hybridized carbons (Fsp3) is 0.235. The minimum Gasteiger partial charge on any atom is -0.360 e. The first-order chi connectivity index (χ1) is 11.9. The Hall–Kier alpha value is -2.58. The van der Waals surface area contributed by atoms with Gasteiger partial charge >= 0.3 is 0 Å². The molecule has 6 nitrogen and oxygen atoms in total. The summed E-state index contributed by atoms with van der Waals surface area (Å²) in [5, 5.41) is 14.8. The van der Waals surface area contributed by atoms with Crippen molar-refractivity contribution in [2.24, 2.45) is 0 Å². The lowest BCUT2D eigenvalue weighted by molar-refractivity contribution is -0.384. The van der Waals surface area contributed by atoms with Gasteiger partial charge in [-0.2, -0.15) is 0 Å². The van der Waals surface area contributed by atoms with E-state index in [0.29, 0.717) is 17.2 Å². The molecule has 8 heteroatoms. The normalized spacial score (nSPS) is 12.5. The molecule has 0 fully saturated rings. The van der Waals surface area contributed by atoms with Crippen LogP contribution < -0.4 is 5.32 Å². The van der Waals surface area contributed by atoms with Crippen LogP contribution >= 0.6 is 11.3 Å². The Balaban J connectivity index is 1.79. The third kappa shape index (κ3) is 3.92. The third-order valence-electron chi connectivity index (χ3n) is 3.89. The molecule has 1 N–H and O–H groups in total. The average Bonchev–Trinajstić information content (AvgIpc) is 2.96. The molecule has 0 aliphatic rings. The summed E-state index contributed by atoms with van der Waals surface area (Å²) in [6, 6.07) is 11.1. The van der Waals surface area contributed by atoms with E-state index in [1.54, 1.807) is 12.1 Å². The SMILES string of the molecule is CN(C)C(CNc1nc2ccc([N+](=O)[O-])cc2s1)c1cccc(F)c1. The second-order valence-electron chi connectivity index (χ2n) is 5.84.